The molecule has 1 fully saturated rings. The highest BCUT2D eigenvalue weighted by Gasteiger charge is 2.29. The zero-order chi connectivity index (χ0) is 22.9. The van der Waals surface area contributed by atoms with Gasteiger partial charge < -0.3 is 0 Å². The van der Waals surface area contributed by atoms with E-state index in [-0.39, 0.29) is 11.4 Å². The summed E-state index contributed by atoms with van der Waals surface area (Å²) in [6, 6.07) is 23.3. The van der Waals surface area contributed by atoms with Crippen molar-refractivity contribution in [2.75, 3.05) is 10.8 Å². The number of hydrogen-bond donors (Lipinski definition) is 0. The van der Waals surface area contributed by atoms with Crippen LogP contribution in [0, 0.1) is 13.8 Å². The Morgan fingerprint density at radius 2 is 1.44 bits per heavy atom. The van der Waals surface area contributed by atoms with E-state index in [1.54, 1.807) is 12.1 Å². The first-order valence-corrected chi connectivity index (χ1v) is 12.3. The normalized spacial score (nSPS) is 13.0. The number of allylic oxidation sites excluding steroid dienone is 1. The van der Waals surface area contributed by atoms with E-state index in [2.05, 4.69) is 37.8 Å². The van der Waals surface area contributed by atoms with Crippen molar-refractivity contribution in [3.63, 3.8) is 0 Å². The predicted molar refractivity (Wildman–Crippen MR) is 133 cm³/mol. The van der Waals surface area contributed by atoms with Crippen LogP contribution in [0.1, 0.15) is 42.0 Å². The molecule has 1 aliphatic carbocycles. The molecule has 3 aromatic carbocycles. The molecule has 1 aliphatic rings. The van der Waals surface area contributed by atoms with Crippen molar-refractivity contribution in [3.05, 3.63) is 113 Å². The van der Waals surface area contributed by atoms with Crippen molar-refractivity contribution < 1.29 is 8.42 Å². The summed E-state index contributed by atoms with van der Waals surface area (Å²) < 4.78 is 29.1. The minimum Gasteiger partial charge on any atom is -0.262 e. The average molecular weight is 444 g/mol. The maximum atomic E-state index is 13.8. The van der Waals surface area contributed by atoms with E-state index < -0.39 is 10.0 Å². The highest BCUT2D eigenvalue weighted by atomic mass is 32.2. The SMILES string of the molecule is C=C(C)CN(c1ccccc1C(=C1CC1)c1ccc(C)cc1)S(=O)(=O)c1ccc(C)cc1. The number of benzene rings is 3. The summed E-state index contributed by atoms with van der Waals surface area (Å²) in [5.41, 5.74) is 8.27. The molecule has 1 saturated carbocycles. The lowest BCUT2D eigenvalue weighted by Gasteiger charge is -2.28. The number of anilines is 1. The van der Waals surface area contributed by atoms with Gasteiger partial charge in [0.25, 0.3) is 10.0 Å². The number of nitrogens with zero attached hydrogens (tertiary/aromatic N) is 1. The molecule has 0 aliphatic heterocycles. The zero-order valence-corrected chi connectivity index (χ0v) is 19.7. The van der Waals surface area contributed by atoms with Crippen molar-refractivity contribution >= 4 is 21.3 Å². The van der Waals surface area contributed by atoms with Gasteiger partial charge in [-0.2, -0.15) is 0 Å². The van der Waals surface area contributed by atoms with E-state index in [9.17, 15) is 8.42 Å². The first-order valence-electron chi connectivity index (χ1n) is 10.9. The van der Waals surface area contributed by atoms with Gasteiger partial charge in [0, 0.05) is 5.56 Å². The van der Waals surface area contributed by atoms with E-state index in [1.807, 2.05) is 50.2 Å². The molecule has 0 atom stereocenters. The number of sulfonamides is 1. The molecule has 0 aromatic heterocycles. The van der Waals surface area contributed by atoms with E-state index >= 15 is 0 Å². The number of hydrogen-bond acceptors (Lipinski definition) is 2. The number of rotatable bonds is 7. The van der Waals surface area contributed by atoms with Crippen LogP contribution in [0.25, 0.3) is 5.57 Å². The van der Waals surface area contributed by atoms with Crippen LogP contribution in [0.3, 0.4) is 0 Å². The second-order valence-electron chi connectivity index (χ2n) is 8.64. The average Bonchev–Trinajstić information content (AvgIpc) is 3.59. The van der Waals surface area contributed by atoms with Gasteiger partial charge in [0.1, 0.15) is 0 Å². The van der Waals surface area contributed by atoms with E-state index in [4.69, 9.17) is 0 Å². The molecule has 0 amide bonds. The minimum atomic E-state index is -3.77. The van der Waals surface area contributed by atoms with E-state index in [0.717, 1.165) is 40.7 Å². The standard InChI is InChI=1S/C28H29NO2S/c1-20(2)19-29(32(30,31)25-17-11-22(4)12-18-25)27-8-6-5-7-26(27)28(24-15-16-24)23-13-9-21(3)10-14-23/h5-14,17-18H,1,15-16,19H2,2-4H3. The summed E-state index contributed by atoms with van der Waals surface area (Å²) in [6.07, 6.45) is 2.09. The van der Waals surface area contributed by atoms with Crippen LogP contribution >= 0.6 is 0 Å². The summed E-state index contributed by atoms with van der Waals surface area (Å²) in [5.74, 6) is 0. The maximum Gasteiger partial charge on any atom is 0.264 e. The van der Waals surface area contributed by atoms with Gasteiger partial charge >= 0.3 is 0 Å². The summed E-state index contributed by atoms with van der Waals surface area (Å²) in [5, 5.41) is 0. The van der Waals surface area contributed by atoms with Gasteiger partial charge in [0.15, 0.2) is 0 Å². The third-order valence-corrected chi connectivity index (χ3v) is 7.43. The molecule has 0 unspecified atom stereocenters. The quantitative estimate of drug-likeness (QED) is 0.382. The van der Waals surface area contributed by atoms with Crippen molar-refractivity contribution in [1.82, 2.24) is 0 Å². The molecular weight excluding hydrogens is 414 g/mol. The van der Waals surface area contributed by atoms with Gasteiger partial charge in [-0.3, -0.25) is 4.31 Å². The van der Waals surface area contributed by atoms with Crippen LogP contribution in [0.15, 0.2) is 95.4 Å². The largest absolute Gasteiger partial charge is 0.264 e. The Bertz CT molecular complexity index is 1280. The first kappa shape index (κ1) is 22.1. The Morgan fingerprint density at radius 1 is 0.875 bits per heavy atom. The summed E-state index contributed by atoms with van der Waals surface area (Å²) in [6.45, 7) is 10.1. The lowest BCUT2D eigenvalue weighted by atomic mass is 9.94. The second kappa shape index (κ2) is 8.79. The van der Waals surface area contributed by atoms with Crippen molar-refractivity contribution in [2.45, 2.75) is 38.5 Å². The van der Waals surface area contributed by atoms with Gasteiger partial charge in [-0.25, -0.2) is 8.42 Å². The third kappa shape index (κ3) is 4.56. The fraction of sp³-hybridized carbons (Fsp3) is 0.214. The Balaban J connectivity index is 1.89. The summed E-state index contributed by atoms with van der Waals surface area (Å²) in [4.78, 5) is 0.287. The number of aryl methyl sites for hydroxylation is 2. The highest BCUT2D eigenvalue weighted by molar-refractivity contribution is 7.92. The molecule has 0 spiro atoms. The molecular formula is C28H29NO2S. The van der Waals surface area contributed by atoms with Crippen LogP contribution < -0.4 is 4.31 Å². The highest BCUT2D eigenvalue weighted by Crippen LogP contribution is 2.44. The third-order valence-electron chi connectivity index (χ3n) is 5.66. The molecule has 3 aromatic rings. The molecule has 0 radical (unpaired) electrons. The number of para-hydroxylation sites is 1. The Morgan fingerprint density at radius 3 is 2.00 bits per heavy atom. The molecule has 0 saturated heterocycles. The molecule has 32 heavy (non-hydrogen) atoms. The summed E-state index contributed by atoms with van der Waals surface area (Å²) in [7, 11) is -3.77. The van der Waals surface area contributed by atoms with Gasteiger partial charge in [-0.15, -0.1) is 0 Å². The molecule has 3 nitrogen and oxygen atoms in total. The monoisotopic (exact) mass is 443 g/mol. The Kier molecular flexibility index (Phi) is 6.07. The Labute approximate surface area is 191 Å². The molecule has 164 valence electrons. The summed E-state index contributed by atoms with van der Waals surface area (Å²) >= 11 is 0. The predicted octanol–water partition coefficient (Wildman–Crippen LogP) is 6.67. The lowest BCUT2D eigenvalue weighted by molar-refractivity contribution is 0.592. The Hall–Kier alpha value is -3.11. The maximum absolute atomic E-state index is 13.8. The van der Waals surface area contributed by atoms with Gasteiger partial charge in [0.2, 0.25) is 0 Å². The lowest BCUT2D eigenvalue weighted by Crippen LogP contribution is -2.33. The fourth-order valence-corrected chi connectivity index (χ4v) is 5.41. The zero-order valence-electron chi connectivity index (χ0n) is 18.9. The molecule has 0 N–H and O–H groups in total. The van der Waals surface area contributed by atoms with Crippen LogP contribution in [0.5, 0.6) is 0 Å². The molecule has 0 bridgehead atoms. The van der Waals surface area contributed by atoms with E-state index in [0.29, 0.717) is 5.69 Å². The van der Waals surface area contributed by atoms with Crippen molar-refractivity contribution in [2.24, 2.45) is 0 Å². The van der Waals surface area contributed by atoms with Crippen LogP contribution in [-0.4, -0.2) is 15.0 Å². The van der Waals surface area contributed by atoms with Crippen LogP contribution in [-0.2, 0) is 10.0 Å². The molecule has 0 heterocycles. The van der Waals surface area contributed by atoms with E-state index in [1.165, 1.54) is 15.4 Å². The van der Waals surface area contributed by atoms with Crippen molar-refractivity contribution in [1.29, 1.82) is 0 Å². The second-order valence-corrected chi connectivity index (χ2v) is 10.5. The molecule has 4 rings (SSSR count). The minimum absolute atomic E-state index is 0.226. The smallest absolute Gasteiger partial charge is 0.262 e. The van der Waals surface area contributed by atoms with Crippen LogP contribution in [0.2, 0.25) is 0 Å². The molecule has 4 heteroatoms. The van der Waals surface area contributed by atoms with Crippen LogP contribution in [0.4, 0.5) is 5.69 Å². The van der Waals surface area contributed by atoms with Gasteiger partial charge in [-0.05, 0) is 62.9 Å². The van der Waals surface area contributed by atoms with Gasteiger partial charge in [0.05, 0.1) is 17.1 Å². The van der Waals surface area contributed by atoms with Crippen molar-refractivity contribution in [3.8, 4) is 0 Å². The fourth-order valence-electron chi connectivity index (χ4n) is 3.87. The van der Waals surface area contributed by atoms with Gasteiger partial charge in [-0.1, -0.05) is 83.4 Å². The first-order chi connectivity index (χ1) is 15.3. The topological polar surface area (TPSA) is 37.4 Å².